The minimum atomic E-state index is -0.934. The molecule has 3 heterocycles. The maximum atomic E-state index is 16.5. The van der Waals surface area contributed by atoms with Crippen LogP contribution >= 0.6 is 11.6 Å². The Kier molecular flexibility index (Phi) is 5.50. The number of phenolic OH excluding ortho intramolecular Hbond substituents is 1. The van der Waals surface area contributed by atoms with E-state index in [0.29, 0.717) is 23.9 Å². The lowest BCUT2D eigenvalue weighted by atomic mass is 9.96. The Morgan fingerprint density at radius 3 is 2.55 bits per heavy atom. The van der Waals surface area contributed by atoms with E-state index in [9.17, 15) is 23.9 Å². The Hall–Kier alpha value is -3.92. The van der Waals surface area contributed by atoms with E-state index in [1.807, 2.05) is 0 Å². The number of halogens is 3. The number of fused-ring (bicyclic) bond motifs is 5. The third kappa shape index (κ3) is 3.36. The highest BCUT2D eigenvalue weighted by Crippen LogP contribution is 2.48. The van der Waals surface area contributed by atoms with Gasteiger partial charge in [-0.05, 0) is 37.1 Å². The molecule has 1 aliphatic carbocycles. The maximum absolute atomic E-state index is 16.5. The van der Waals surface area contributed by atoms with Crippen LogP contribution in [-0.4, -0.2) is 59.1 Å². The fourth-order valence-corrected chi connectivity index (χ4v) is 5.94. The minimum absolute atomic E-state index is 0.0654. The van der Waals surface area contributed by atoms with Crippen LogP contribution in [0, 0.1) is 11.6 Å². The molecule has 1 saturated heterocycles. The van der Waals surface area contributed by atoms with E-state index in [2.05, 4.69) is 6.58 Å². The molecule has 1 atom stereocenters. The van der Waals surface area contributed by atoms with Gasteiger partial charge in [-0.15, -0.1) is 0 Å². The largest absolute Gasteiger partial charge is 0.507 e. The first-order valence-electron chi connectivity index (χ1n) is 12.2. The van der Waals surface area contributed by atoms with Crippen LogP contribution < -0.4 is 15.4 Å². The van der Waals surface area contributed by atoms with Crippen molar-refractivity contribution >= 4 is 45.7 Å². The molecular weight excluding hydrogens is 518 g/mol. The van der Waals surface area contributed by atoms with Gasteiger partial charge in [0.15, 0.2) is 5.82 Å². The zero-order valence-corrected chi connectivity index (χ0v) is 21.1. The molecule has 3 aliphatic rings. The van der Waals surface area contributed by atoms with Crippen molar-refractivity contribution in [2.75, 3.05) is 36.5 Å². The maximum Gasteiger partial charge on any atom is 0.277 e. The number of rotatable bonds is 3. The third-order valence-corrected chi connectivity index (χ3v) is 7.89. The van der Waals surface area contributed by atoms with E-state index in [1.54, 1.807) is 4.90 Å². The number of aromatic nitrogens is 1. The summed E-state index contributed by atoms with van der Waals surface area (Å²) in [5, 5.41) is 10.5. The Labute approximate surface area is 220 Å². The predicted molar refractivity (Wildman–Crippen MR) is 140 cm³/mol. The first-order chi connectivity index (χ1) is 18.1. The number of piperazine rings is 1. The van der Waals surface area contributed by atoms with Gasteiger partial charge < -0.3 is 24.4 Å². The number of pyridine rings is 1. The number of amides is 2. The number of likely N-dealkylation sites (N-methyl/N-ethyl adjacent to an activating group) is 1. The number of carbonyl (C=O) groups excluding carboxylic acids is 2. The summed E-state index contributed by atoms with van der Waals surface area (Å²) in [7, 11) is 1.49. The molecule has 1 aromatic heterocycles. The van der Waals surface area contributed by atoms with Gasteiger partial charge in [-0.2, -0.15) is 0 Å². The average Bonchev–Trinajstić information content (AvgIpc) is 3.73. The number of hydrogen-bond donors (Lipinski definition) is 1. The molecule has 0 spiro atoms. The molecule has 38 heavy (non-hydrogen) atoms. The van der Waals surface area contributed by atoms with Crippen LogP contribution in [0.3, 0.4) is 0 Å². The molecule has 8 nitrogen and oxygen atoms in total. The summed E-state index contributed by atoms with van der Waals surface area (Å²) < 4.78 is 32.6. The van der Waals surface area contributed by atoms with Crippen LogP contribution in [0.1, 0.15) is 18.9 Å². The van der Waals surface area contributed by atoms with Crippen molar-refractivity contribution in [1.82, 2.24) is 9.47 Å². The lowest BCUT2D eigenvalue weighted by Crippen LogP contribution is -2.63. The molecule has 2 amide bonds. The topological polar surface area (TPSA) is 86.1 Å². The zero-order chi connectivity index (χ0) is 27.0. The van der Waals surface area contributed by atoms with E-state index < -0.39 is 34.5 Å². The number of carbonyl (C=O) groups is 2. The normalized spacial score (nSPS) is 19.0. The van der Waals surface area contributed by atoms with Gasteiger partial charge in [0.25, 0.3) is 11.5 Å². The number of anilines is 2. The van der Waals surface area contributed by atoms with Crippen molar-refractivity contribution in [3.8, 4) is 16.9 Å². The fourth-order valence-electron chi connectivity index (χ4n) is 5.66. The predicted octanol–water partition coefficient (Wildman–Crippen LogP) is 3.82. The smallest absolute Gasteiger partial charge is 0.277 e. The summed E-state index contributed by atoms with van der Waals surface area (Å²) in [5.74, 6) is -2.97. The van der Waals surface area contributed by atoms with Crippen LogP contribution in [0.25, 0.3) is 22.0 Å². The molecule has 2 aromatic carbocycles. The Morgan fingerprint density at radius 1 is 1.16 bits per heavy atom. The second-order valence-electron chi connectivity index (χ2n) is 9.78. The summed E-state index contributed by atoms with van der Waals surface area (Å²) in [6.45, 7) is 4.06. The van der Waals surface area contributed by atoms with Gasteiger partial charge >= 0.3 is 0 Å². The number of benzene rings is 2. The van der Waals surface area contributed by atoms with Gasteiger partial charge in [-0.3, -0.25) is 14.4 Å². The standard InChI is InChI=1S/C27H23ClF2N4O4/c1-3-19(36)32-9-10-33-17(12-32)26(37)31(2)25-24(33)14-11-15(28)20(21-16(29)5-4-6-18(21)35)22(30)23(14)34(27(25)38)13-7-8-13/h3-6,11,13,17,35H,1,7-10,12H2,2H3/t17-/m1/s1. The van der Waals surface area contributed by atoms with E-state index >= 15 is 4.39 Å². The van der Waals surface area contributed by atoms with Crippen molar-refractivity contribution in [3.63, 3.8) is 0 Å². The molecule has 0 radical (unpaired) electrons. The van der Waals surface area contributed by atoms with E-state index in [4.69, 9.17) is 11.6 Å². The van der Waals surface area contributed by atoms with Crippen molar-refractivity contribution < 1.29 is 23.5 Å². The first kappa shape index (κ1) is 24.4. The van der Waals surface area contributed by atoms with Crippen LogP contribution in [0.5, 0.6) is 5.75 Å². The van der Waals surface area contributed by atoms with Crippen LogP contribution in [0.2, 0.25) is 5.02 Å². The quantitative estimate of drug-likeness (QED) is 0.511. The average molecular weight is 541 g/mol. The summed E-state index contributed by atoms with van der Waals surface area (Å²) in [6.07, 6.45) is 2.46. The van der Waals surface area contributed by atoms with Crippen molar-refractivity contribution in [2.24, 2.45) is 0 Å². The minimum Gasteiger partial charge on any atom is -0.507 e. The van der Waals surface area contributed by atoms with E-state index in [0.717, 1.165) is 6.07 Å². The second kappa shape index (κ2) is 8.56. The number of aromatic hydroxyl groups is 1. The molecule has 2 aliphatic heterocycles. The summed E-state index contributed by atoms with van der Waals surface area (Å²) in [6, 6.07) is 3.97. The second-order valence-corrected chi connectivity index (χ2v) is 10.2. The Balaban J connectivity index is 1.67. The van der Waals surface area contributed by atoms with Gasteiger partial charge in [-0.25, -0.2) is 8.78 Å². The SMILES string of the molecule is C=CC(=O)N1CCN2c3c(c(=O)n(C4CC4)c4c(F)c(-c5c(O)cccc5F)c(Cl)cc34)N(C)C(=O)[C@H]2C1. The van der Waals surface area contributed by atoms with Gasteiger partial charge in [0.05, 0.1) is 28.3 Å². The molecule has 11 heteroatoms. The van der Waals surface area contributed by atoms with E-state index in [-0.39, 0.29) is 59.3 Å². The van der Waals surface area contributed by atoms with Gasteiger partial charge in [0.1, 0.15) is 23.3 Å². The zero-order valence-electron chi connectivity index (χ0n) is 20.4. The van der Waals surface area contributed by atoms with Crippen LogP contribution in [0.4, 0.5) is 20.2 Å². The summed E-state index contributed by atoms with van der Waals surface area (Å²) >= 11 is 6.57. The summed E-state index contributed by atoms with van der Waals surface area (Å²) in [5.41, 5.74) is -0.910. The van der Waals surface area contributed by atoms with Gasteiger partial charge in [0.2, 0.25) is 5.91 Å². The first-order valence-corrected chi connectivity index (χ1v) is 12.6. The molecule has 0 bridgehead atoms. The highest BCUT2D eigenvalue weighted by Gasteiger charge is 2.45. The van der Waals surface area contributed by atoms with Gasteiger partial charge in [0, 0.05) is 37.1 Å². The molecule has 0 unspecified atom stereocenters. The Bertz CT molecular complexity index is 1610. The lowest BCUT2D eigenvalue weighted by Gasteiger charge is -2.47. The van der Waals surface area contributed by atoms with Crippen LogP contribution in [-0.2, 0) is 9.59 Å². The molecule has 2 fully saturated rings. The molecule has 3 aromatic rings. The van der Waals surface area contributed by atoms with Crippen molar-refractivity contribution in [2.45, 2.75) is 24.9 Å². The lowest BCUT2D eigenvalue weighted by molar-refractivity contribution is -0.128. The molecule has 196 valence electrons. The summed E-state index contributed by atoms with van der Waals surface area (Å²) in [4.78, 5) is 44.1. The molecular formula is C27H23ClF2N4O4. The molecule has 6 rings (SSSR count). The fraction of sp³-hybridized carbons (Fsp3) is 0.296. The monoisotopic (exact) mass is 540 g/mol. The molecule has 1 N–H and O–H groups in total. The number of hydrogen-bond acceptors (Lipinski definition) is 5. The Morgan fingerprint density at radius 2 is 1.89 bits per heavy atom. The van der Waals surface area contributed by atoms with Gasteiger partial charge in [-0.1, -0.05) is 24.2 Å². The highest BCUT2D eigenvalue weighted by molar-refractivity contribution is 6.35. The van der Waals surface area contributed by atoms with E-state index in [1.165, 1.54) is 45.7 Å². The van der Waals surface area contributed by atoms with Crippen LogP contribution in [0.15, 0.2) is 41.7 Å². The third-order valence-electron chi connectivity index (χ3n) is 7.59. The number of phenols is 1. The van der Waals surface area contributed by atoms with Crippen molar-refractivity contribution in [3.05, 3.63) is 63.9 Å². The molecule has 1 saturated carbocycles. The van der Waals surface area contributed by atoms with Crippen molar-refractivity contribution in [1.29, 1.82) is 0 Å². The highest BCUT2D eigenvalue weighted by atomic mass is 35.5. The number of nitrogens with zero attached hydrogens (tertiary/aromatic N) is 4.